The van der Waals surface area contributed by atoms with E-state index in [2.05, 4.69) is 30.7 Å². The fourth-order valence-corrected chi connectivity index (χ4v) is 5.23. The van der Waals surface area contributed by atoms with Crippen molar-refractivity contribution >= 4 is 37.3 Å². The van der Waals surface area contributed by atoms with Crippen molar-refractivity contribution < 1.29 is 8.42 Å². The van der Waals surface area contributed by atoms with Crippen LogP contribution in [0.3, 0.4) is 0 Å². The molecule has 25 heavy (non-hydrogen) atoms. The van der Waals surface area contributed by atoms with Gasteiger partial charge in [0.1, 0.15) is 9.90 Å². The molecular formula is C14H14BrN5O3S2. The summed E-state index contributed by atoms with van der Waals surface area (Å²) < 4.78 is 30.4. The lowest BCUT2D eigenvalue weighted by Crippen LogP contribution is -2.31. The van der Waals surface area contributed by atoms with Gasteiger partial charge in [-0.15, -0.1) is 16.4 Å². The Kier molecular flexibility index (Phi) is 5.18. The highest BCUT2D eigenvalue weighted by atomic mass is 79.9. The molecule has 0 unspecified atom stereocenters. The van der Waals surface area contributed by atoms with E-state index >= 15 is 0 Å². The summed E-state index contributed by atoms with van der Waals surface area (Å²) in [5, 5.41) is 4.24. The van der Waals surface area contributed by atoms with Crippen LogP contribution in [-0.4, -0.2) is 34.3 Å². The van der Waals surface area contributed by atoms with Crippen LogP contribution in [0.15, 0.2) is 49.3 Å². The highest BCUT2D eigenvalue weighted by Gasteiger charge is 2.17. The van der Waals surface area contributed by atoms with Gasteiger partial charge in [0.15, 0.2) is 5.82 Å². The molecule has 0 radical (unpaired) electrons. The Hall–Kier alpha value is -1.82. The van der Waals surface area contributed by atoms with Gasteiger partial charge in [0.25, 0.3) is 0 Å². The summed E-state index contributed by atoms with van der Waals surface area (Å²) in [6.07, 6.45) is 1.62. The normalized spacial score (nSPS) is 11.8. The lowest BCUT2D eigenvalue weighted by molar-refractivity contribution is 0.552. The standard InChI is InChI=1S/C14H14BrN5O3S2/c1-19-13(10-4-2-3-7-16-10)18-20(14(19)21)9-8-17-25(22,23)12-6-5-11(15)24-12/h2-7,17H,8-9H2,1H3. The van der Waals surface area contributed by atoms with Crippen LogP contribution < -0.4 is 10.4 Å². The zero-order valence-corrected chi connectivity index (χ0v) is 16.3. The number of nitrogens with one attached hydrogen (secondary N) is 1. The predicted molar refractivity (Wildman–Crippen MR) is 97.9 cm³/mol. The molecule has 3 heterocycles. The molecule has 0 bridgehead atoms. The largest absolute Gasteiger partial charge is 0.346 e. The van der Waals surface area contributed by atoms with Gasteiger partial charge >= 0.3 is 5.69 Å². The molecule has 3 rings (SSSR count). The Morgan fingerprint density at radius 3 is 2.72 bits per heavy atom. The van der Waals surface area contributed by atoms with Crippen LogP contribution in [0.25, 0.3) is 11.5 Å². The van der Waals surface area contributed by atoms with Crippen LogP contribution in [0, 0.1) is 0 Å². The number of hydrogen-bond acceptors (Lipinski definition) is 6. The molecule has 0 aliphatic rings. The van der Waals surface area contributed by atoms with Crippen LogP contribution in [0.1, 0.15) is 0 Å². The summed E-state index contributed by atoms with van der Waals surface area (Å²) in [6, 6.07) is 8.52. The van der Waals surface area contributed by atoms with Crippen molar-refractivity contribution in [3.8, 4) is 11.5 Å². The molecule has 0 aliphatic heterocycles. The van der Waals surface area contributed by atoms with Gasteiger partial charge < -0.3 is 0 Å². The summed E-state index contributed by atoms with van der Waals surface area (Å²) in [6.45, 7) is 0.168. The molecule has 3 aromatic heterocycles. The van der Waals surface area contributed by atoms with Gasteiger partial charge in [0.05, 0.1) is 10.3 Å². The molecule has 8 nitrogen and oxygen atoms in total. The average Bonchev–Trinajstić information content (AvgIpc) is 3.15. The summed E-state index contributed by atoms with van der Waals surface area (Å²) in [5.41, 5.74) is 0.239. The lowest BCUT2D eigenvalue weighted by Gasteiger charge is -2.04. The van der Waals surface area contributed by atoms with Gasteiger partial charge in [-0.25, -0.2) is 22.6 Å². The Morgan fingerprint density at radius 2 is 2.08 bits per heavy atom. The lowest BCUT2D eigenvalue weighted by atomic mass is 10.3. The summed E-state index contributed by atoms with van der Waals surface area (Å²) >= 11 is 4.35. The topological polar surface area (TPSA) is 98.9 Å². The predicted octanol–water partition coefficient (Wildman–Crippen LogP) is 1.45. The first-order chi connectivity index (χ1) is 11.9. The minimum atomic E-state index is -3.60. The van der Waals surface area contributed by atoms with E-state index < -0.39 is 10.0 Å². The molecule has 1 N–H and O–H groups in total. The summed E-state index contributed by atoms with van der Waals surface area (Å²) in [7, 11) is -2.00. The van der Waals surface area contributed by atoms with Crippen LogP contribution in [-0.2, 0) is 23.6 Å². The maximum absolute atomic E-state index is 12.2. The Labute approximate surface area is 156 Å². The monoisotopic (exact) mass is 443 g/mol. The van der Waals surface area contributed by atoms with Gasteiger partial charge in [0, 0.05) is 19.8 Å². The zero-order valence-electron chi connectivity index (χ0n) is 13.1. The zero-order chi connectivity index (χ0) is 18.0. The van der Waals surface area contributed by atoms with Crippen molar-refractivity contribution in [3.05, 3.63) is 50.8 Å². The van der Waals surface area contributed by atoms with E-state index in [1.807, 2.05) is 0 Å². The Balaban J connectivity index is 1.73. The second-order valence-corrected chi connectivity index (χ2v) is 9.52. The SMILES string of the molecule is Cn1c(-c2ccccn2)nn(CCNS(=O)(=O)c2ccc(Br)s2)c1=O. The molecule has 0 atom stereocenters. The fourth-order valence-electron chi connectivity index (χ4n) is 2.15. The maximum Gasteiger partial charge on any atom is 0.346 e. The van der Waals surface area contributed by atoms with Crippen molar-refractivity contribution in [2.45, 2.75) is 10.8 Å². The molecule has 132 valence electrons. The average molecular weight is 444 g/mol. The van der Waals surface area contributed by atoms with E-state index in [0.29, 0.717) is 11.5 Å². The molecule has 0 saturated heterocycles. The number of nitrogens with zero attached hydrogens (tertiary/aromatic N) is 4. The molecule has 0 spiro atoms. The first-order valence-corrected chi connectivity index (χ1v) is 10.3. The quantitative estimate of drug-likeness (QED) is 0.621. The van der Waals surface area contributed by atoms with E-state index in [-0.39, 0.29) is 23.0 Å². The highest BCUT2D eigenvalue weighted by molar-refractivity contribution is 9.11. The molecule has 0 fully saturated rings. The number of aromatic nitrogens is 4. The minimum Gasteiger partial charge on any atom is -0.277 e. The van der Waals surface area contributed by atoms with E-state index in [1.165, 1.54) is 15.3 Å². The Morgan fingerprint density at radius 1 is 1.28 bits per heavy atom. The first kappa shape index (κ1) is 18.0. The Bertz CT molecular complexity index is 1040. The van der Waals surface area contributed by atoms with E-state index in [1.54, 1.807) is 37.5 Å². The van der Waals surface area contributed by atoms with Crippen LogP contribution in [0.4, 0.5) is 0 Å². The van der Waals surface area contributed by atoms with Gasteiger partial charge in [0.2, 0.25) is 10.0 Å². The number of sulfonamides is 1. The highest BCUT2D eigenvalue weighted by Crippen LogP contribution is 2.25. The molecule has 0 aliphatic carbocycles. The second-order valence-electron chi connectivity index (χ2n) is 5.06. The first-order valence-electron chi connectivity index (χ1n) is 7.19. The van der Waals surface area contributed by atoms with Crippen molar-refractivity contribution in [2.24, 2.45) is 7.05 Å². The van der Waals surface area contributed by atoms with Crippen LogP contribution >= 0.6 is 27.3 Å². The summed E-state index contributed by atoms with van der Waals surface area (Å²) in [4.78, 5) is 16.4. The fraction of sp³-hybridized carbons (Fsp3) is 0.214. The molecular weight excluding hydrogens is 430 g/mol. The molecule has 11 heteroatoms. The smallest absolute Gasteiger partial charge is 0.277 e. The minimum absolute atomic E-state index is 0.0520. The van der Waals surface area contributed by atoms with Crippen LogP contribution in [0.5, 0.6) is 0 Å². The van der Waals surface area contributed by atoms with Gasteiger partial charge in [-0.3, -0.25) is 9.55 Å². The van der Waals surface area contributed by atoms with Crippen molar-refractivity contribution in [1.29, 1.82) is 0 Å². The van der Waals surface area contributed by atoms with E-state index in [4.69, 9.17) is 0 Å². The van der Waals surface area contributed by atoms with Crippen molar-refractivity contribution in [1.82, 2.24) is 24.1 Å². The van der Waals surface area contributed by atoms with Crippen molar-refractivity contribution in [3.63, 3.8) is 0 Å². The molecule has 3 aromatic rings. The molecule has 0 aromatic carbocycles. The van der Waals surface area contributed by atoms with Crippen LogP contribution in [0.2, 0.25) is 0 Å². The molecule has 0 amide bonds. The third kappa shape index (κ3) is 3.89. The van der Waals surface area contributed by atoms with Crippen molar-refractivity contribution in [2.75, 3.05) is 6.54 Å². The van der Waals surface area contributed by atoms with Gasteiger partial charge in [-0.1, -0.05) is 6.07 Å². The number of hydrogen-bond donors (Lipinski definition) is 1. The third-order valence-electron chi connectivity index (χ3n) is 3.36. The summed E-state index contributed by atoms with van der Waals surface area (Å²) in [5.74, 6) is 0.427. The molecule has 0 saturated carbocycles. The second kappa shape index (κ2) is 7.20. The number of rotatable bonds is 6. The van der Waals surface area contributed by atoms with E-state index in [9.17, 15) is 13.2 Å². The van der Waals surface area contributed by atoms with E-state index in [0.717, 1.165) is 15.1 Å². The number of thiophene rings is 1. The number of pyridine rings is 1. The van der Waals surface area contributed by atoms with Gasteiger partial charge in [-0.2, -0.15) is 0 Å². The number of halogens is 1. The maximum atomic E-state index is 12.2. The third-order valence-corrected chi connectivity index (χ3v) is 6.94. The van der Waals surface area contributed by atoms with Gasteiger partial charge in [-0.05, 0) is 40.2 Å².